The van der Waals surface area contributed by atoms with E-state index in [0.29, 0.717) is 0 Å². The van der Waals surface area contributed by atoms with Crippen LogP contribution in [0.5, 0.6) is 0 Å². The van der Waals surface area contributed by atoms with Gasteiger partial charge in [-0.25, -0.2) is 9.36 Å². The number of aromatic amines is 1. The number of hydrogen-bond acceptors (Lipinski definition) is 7. The molecule has 0 aliphatic carbocycles. The first-order valence-electron chi connectivity index (χ1n) is 7.82. The second kappa shape index (κ2) is 8.63. The quantitative estimate of drug-likeness (QED) is 0.280. The van der Waals surface area contributed by atoms with Gasteiger partial charge in [-0.05, 0) is 13.0 Å². The molecule has 1 aliphatic rings. The number of hydrogen-bond donors (Lipinski definition) is 4. The van der Waals surface area contributed by atoms with Crippen LogP contribution >= 0.6 is 7.75 Å². The number of nitrogens with zero attached hydrogens (tertiary/aromatic N) is 2. The maximum Gasteiger partial charge on any atom is 0.406 e. The number of nitrogens with one attached hydrogen (secondary N) is 1. The highest BCUT2D eigenvalue weighted by Gasteiger charge is 2.35. The van der Waals surface area contributed by atoms with E-state index in [1.807, 2.05) is 0 Å². The SMILES string of the molecule is Cc1cn([C@H]2C=C[C@@H](COP(=O)(O)N(CC(=O)O)CC(=O)O)O2)c(=O)[nH]c1=O. The van der Waals surface area contributed by atoms with Gasteiger partial charge in [-0.2, -0.15) is 4.67 Å². The molecule has 0 saturated carbocycles. The molecule has 28 heavy (non-hydrogen) atoms. The minimum absolute atomic E-state index is 0.272. The molecule has 0 fully saturated rings. The summed E-state index contributed by atoms with van der Waals surface area (Å²) in [5.74, 6) is -3.02. The van der Waals surface area contributed by atoms with Gasteiger partial charge in [0.15, 0.2) is 6.23 Å². The Morgan fingerprint density at radius 2 is 1.89 bits per heavy atom. The van der Waals surface area contributed by atoms with E-state index < -0.39 is 63.0 Å². The molecular weight excluding hydrogens is 401 g/mol. The van der Waals surface area contributed by atoms with Crippen molar-refractivity contribution in [3.63, 3.8) is 0 Å². The normalized spacial score (nSPS) is 21.0. The highest BCUT2D eigenvalue weighted by atomic mass is 31.2. The van der Waals surface area contributed by atoms with Gasteiger partial charge >= 0.3 is 25.4 Å². The molecule has 0 aromatic carbocycles. The van der Waals surface area contributed by atoms with Gasteiger partial charge in [-0.1, -0.05) is 6.08 Å². The topological polar surface area (TPSA) is 188 Å². The van der Waals surface area contributed by atoms with Crippen molar-refractivity contribution in [1.82, 2.24) is 14.2 Å². The lowest BCUT2D eigenvalue weighted by Gasteiger charge is -2.24. The van der Waals surface area contributed by atoms with E-state index in [1.54, 1.807) is 0 Å². The van der Waals surface area contributed by atoms with Crippen LogP contribution in [0, 0.1) is 6.92 Å². The van der Waals surface area contributed by atoms with Crippen molar-refractivity contribution >= 4 is 19.7 Å². The van der Waals surface area contributed by atoms with Crippen molar-refractivity contribution in [2.24, 2.45) is 0 Å². The molecule has 2 rings (SSSR count). The van der Waals surface area contributed by atoms with Gasteiger partial charge < -0.3 is 19.8 Å². The van der Waals surface area contributed by atoms with Crippen LogP contribution in [0.4, 0.5) is 0 Å². The average Bonchev–Trinajstić information content (AvgIpc) is 3.04. The smallest absolute Gasteiger partial charge is 0.406 e. The number of carboxylic acid groups (broad SMARTS) is 2. The minimum Gasteiger partial charge on any atom is -0.480 e. The van der Waals surface area contributed by atoms with Gasteiger partial charge in [0.1, 0.15) is 19.2 Å². The molecule has 1 unspecified atom stereocenters. The summed E-state index contributed by atoms with van der Waals surface area (Å²) in [5, 5.41) is 17.5. The van der Waals surface area contributed by atoms with E-state index in [4.69, 9.17) is 19.5 Å². The lowest BCUT2D eigenvalue weighted by molar-refractivity contribution is -0.140. The third-order valence-electron chi connectivity index (χ3n) is 3.62. The molecular formula is C14H18N3O10P. The molecule has 3 atom stereocenters. The van der Waals surface area contributed by atoms with Crippen molar-refractivity contribution in [3.8, 4) is 0 Å². The van der Waals surface area contributed by atoms with E-state index >= 15 is 0 Å². The summed E-state index contributed by atoms with van der Waals surface area (Å²) < 4.78 is 23.9. The standard InChI is InChI=1S/C14H18N3O10P/c1-8-4-17(14(23)15-13(8)22)10-3-2-9(27-10)7-26-28(24,25)16(5-11(18)19)6-12(20)21/h2-4,9-10H,5-7H2,1H3,(H,18,19)(H,20,21)(H,24,25)(H,15,22,23)/t9-,10+/m0/s1. The molecule has 4 N–H and O–H groups in total. The lowest BCUT2D eigenvalue weighted by Crippen LogP contribution is -2.34. The molecule has 154 valence electrons. The van der Waals surface area contributed by atoms with Gasteiger partial charge in [-0.15, -0.1) is 0 Å². The van der Waals surface area contributed by atoms with Crippen LogP contribution in [0.3, 0.4) is 0 Å². The fourth-order valence-electron chi connectivity index (χ4n) is 2.32. The summed E-state index contributed by atoms with van der Waals surface area (Å²) in [6.07, 6.45) is 2.42. The van der Waals surface area contributed by atoms with Crippen LogP contribution in [0.2, 0.25) is 0 Å². The summed E-state index contributed by atoms with van der Waals surface area (Å²) in [5.41, 5.74) is -0.982. The third kappa shape index (κ3) is 5.47. The first-order chi connectivity index (χ1) is 13.0. The summed E-state index contributed by atoms with van der Waals surface area (Å²) in [7, 11) is -4.74. The summed E-state index contributed by atoms with van der Waals surface area (Å²) >= 11 is 0. The molecule has 0 amide bonds. The molecule has 0 spiro atoms. The zero-order valence-electron chi connectivity index (χ0n) is 14.5. The highest BCUT2D eigenvalue weighted by molar-refractivity contribution is 7.50. The van der Waals surface area contributed by atoms with Crippen molar-refractivity contribution in [2.75, 3.05) is 19.7 Å². The van der Waals surface area contributed by atoms with E-state index in [2.05, 4.69) is 4.98 Å². The molecule has 0 radical (unpaired) electrons. The molecule has 1 aromatic heterocycles. The largest absolute Gasteiger partial charge is 0.480 e. The third-order valence-corrected chi connectivity index (χ3v) is 5.11. The number of aliphatic carboxylic acids is 2. The Labute approximate surface area is 157 Å². The van der Waals surface area contributed by atoms with Gasteiger partial charge in [0.05, 0.1) is 6.61 Å². The molecule has 13 nitrogen and oxygen atoms in total. The molecule has 0 bridgehead atoms. The number of aryl methyl sites for hydroxylation is 1. The van der Waals surface area contributed by atoms with Crippen LogP contribution < -0.4 is 11.2 Å². The van der Waals surface area contributed by atoms with Crippen LogP contribution in [0.15, 0.2) is 27.9 Å². The average molecular weight is 419 g/mol. The first kappa shape index (κ1) is 21.7. The zero-order valence-corrected chi connectivity index (χ0v) is 15.4. The lowest BCUT2D eigenvalue weighted by atomic mass is 10.3. The number of carboxylic acids is 2. The second-order valence-corrected chi connectivity index (χ2v) is 7.63. The van der Waals surface area contributed by atoms with Crippen LogP contribution in [-0.4, -0.2) is 67.1 Å². The van der Waals surface area contributed by atoms with E-state index in [-0.39, 0.29) is 10.2 Å². The predicted molar refractivity (Wildman–Crippen MR) is 91.7 cm³/mol. The number of H-pyrrole nitrogens is 1. The summed E-state index contributed by atoms with van der Waals surface area (Å²) in [6.45, 7) is -1.05. The van der Waals surface area contributed by atoms with Gasteiger partial charge in [0.2, 0.25) is 0 Å². The fourth-order valence-corrected chi connectivity index (χ4v) is 3.42. The molecule has 1 aliphatic heterocycles. The monoisotopic (exact) mass is 419 g/mol. The Bertz CT molecular complexity index is 935. The Hall–Kier alpha value is -2.57. The summed E-state index contributed by atoms with van der Waals surface area (Å²) in [6, 6.07) is 0. The maximum atomic E-state index is 12.2. The Kier molecular flexibility index (Phi) is 6.69. The first-order valence-corrected chi connectivity index (χ1v) is 9.35. The summed E-state index contributed by atoms with van der Waals surface area (Å²) in [4.78, 5) is 56.8. The van der Waals surface area contributed by atoms with Crippen LogP contribution in [0.1, 0.15) is 11.8 Å². The highest BCUT2D eigenvalue weighted by Crippen LogP contribution is 2.46. The second-order valence-electron chi connectivity index (χ2n) is 5.83. The Morgan fingerprint density at radius 1 is 1.29 bits per heavy atom. The molecule has 1 aromatic rings. The fraction of sp³-hybridized carbons (Fsp3) is 0.429. The number of ether oxygens (including phenoxy) is 1. The zero-order chi connectivity index (χ0) is 21.1. The Balaban J connectivity index is 2.03. The van der Waals surface area contributed by atoms with Crippen molar-refractivity contribution in [2.45, 2.75) is 19.3 Å². The molecule has 2 heterocycles. The molecule has 0 saturated heterocycles. The number of rotatable bonds is 9. The molecule has 14 heteroatoms. The van der Waals surface area contributed by atoms with E-state index in [9.17, 15) is 28.6 Å². The van der Waals surface area contributed by atoms with E-state index in [1.165, 1.54) is 25.3 Å². The van der Waals surface area contributed by atoms with Crippen molar-refractivity contribution < 1.29 is 38.5 Å². The number of aromatic nitrogens is 2. The van der Waals surface area contributed by atoms with Crippen molar-refractivity contribution in [1.29, 1.82) is 0 Å². The Morgan fingerprint density at radius 3 is 2.46 bits per heavy atom. The van der Waals surface area contributed by atoms with Crippen molar-refractivity contribution in [3.05, 3.63) is 44.8 Å². The minimum atomic E-state index is -4.74. The van der Waals surface area contributed by atoms with Crippen LogP contribution in [-0.2, 0) is 23.4 Å². The number of carbonyl (C=O) groups is 2. The van der Waals surface area contributed by atoms with Gasteiger partial charge in [0, 0.05) is 11.8 Å². The van der Waals surface area contributed by atoms with Gasteiger partial charge in [-0.3, -0.25) is 28.5 Å². The maximum absolute atomic E-state index is 12.2. The predicted octanol–water partition coefficient (Wildman–Crippen LogP) is -1.11. The van der Waals surface area contributed by atoms with E-state index in [0.717, 1.165) is 4.57 Å². The van der Waals surface area contributed by atoms with Gasteiger partial charge in [0.25, 0.3) is 5.56 Å². The van der Waals surface area contributed by atoms with Crippen LogP contribution in [0.25, 0.3) is 0 Å².